The largest absolute Gasteiger partial charge is 0.495 e. The Balaban J connectivity index is 2.51. The minimum Gasteiger partial charge on any atom is -0.495 e. The van der Waals surface area contributed by atoms with Crippen molar-refractivity contribution in [3.05, 3.63) is 49.0 Å². The Morgan fingerprint density at radius 2 is 1.76 bits per heavy atom. The summed E-state index contributed by atoms with van der Waals surface area (Å²) in [6, 6.07) is 4.73. The number of benzene rings is 2. The number of nitrogens with one attached hydrogen (secondary N) is 2. The van der Waals surface area contributed by atoms with Gasteiger partial charge in [0.25, 0.3) is 5.69 Å². The Kier molecular flexibility index (Phi) is 10.4. The molecule has 0 fully saturated rings. The first-order valence-electron chi connectivity index (χ1n) is 10.4. The number of hydrogen-bond donors (Lipinski definition) is 2. The number of methoxy groups -OCH3 is 2. The molecule has 0 heterocycles. The first-order valence-corrected chi connectivity index (χ1v) is 11.2. The van der Waals surface area contributed by atoms with Crippen LogP contribution in [0.2, 0.25) is 0 Å². The van der Waals surface area contributed by atoms with Gasteiger partial charge in [-0.05, 0) is 22.0 Å². The molecular formula is C21H23BrN6O9. The Morgan fingerprint density at radius 1 is 1.05 bits per heavy atom. The lowest BCUT2D eigenvalue weighted by molar-refractivity contribution is -0.393. The van der Waals surface area contributed by atoms with E-state index in [2.05, 4.69) is 36.8 Å². The SMILES string of the molecule is COCC(CNc1cc(NC(C)=O)c(N=Nc2c(Br)cc([N+](=O)[O-])cc2[N+](=O)[O-])cc1OC)OC(C)=O. The highest BCUT2D eigenvalue weighted by atomic mass is 79.9. The van der Waals surface area contributed by atoms with Crippen LogP contribution in [0, 0.1) is 20.2 Å². The number of nitro groups is 2. The number of non-ortho nitro benzene ring substituents is 1. The summed E-state index contributed by atoms with van der Waals surface area (Å²) in [4.78, 5) is 44.1. The zero-order valence-corrected chi connectivity index (χ0v) is 21.7. The normalized spacial score (nSPS) is 11.6. The maximum absolute atomic E-state index is 11.8. The van der Waals surface area contributed by atoms with E-state index in [0.29, 0.717) is 5.69 Å². The first kappa shape index (κ1) is 29.1. The molecule has 0 saturated heterocycles. The minimum absolute atomic E-state index is 0.0295. The molecule has 16 heteroatoms. The summed E-state index contributed by atoms with van der Waals surface area (Å²) in [6.45, 7) is 2.81. The van der Waals surface area contributed by atoms with Crippen molar-refractivity contribution in [2.45, 2.75) is 20.0 Å². The van der Waals surface area contributed by atoms with E-state index in [-0.39, 0.29) is 40.4 Å². The van der Waals surface area contributed by atoms with Crippen molar-refractivity contribution in [1.82, 2.24) is 0 Å². The molecule has 2 aromatic carbocycles. The number of carbonyl (C=O) groups is 2. The third-order valence-corrected chi connectivity index (χ3v) is 5.13. The number of ether oxygens (including phenoxy) is 3. The summed E-state index contributed by atoms with van der Waals surface area (Å²) < 4.78 is 15.6. The standard InChI is InChI=1S/C21H23BrN6O9/c1-11(29)24-16-7-18(23-9-14(10-35-3)37-12(2)30)20(36-4)8-17(16)25-26-21-15(22)5-13(27(31)32)6-19(21)28(33)34/h5-8,14,23H,9-10H2,1-4H3,(H,24,29). The van der Waals surface area contributed by atoms with E-state index in [1.54, 1.807) is 0 Å². The molecule has 37 heavy (non-hydrogen) atoms. The van der Waals surface area contributed by atoms with Crippen LogP contribution in [0.1, 0.15) is 13.8 Å². The minimum atomic E-state index is -0.825. The van der Waals surface area contributed by atoms with Gasteiger partial charge in [0.05, 0.1) is 52.0 Å². The molecule has 15 nitrogen and oxygen atoms in total. The summed E-state index contributed by atoms with van der Waals surface area (Å²) in [7, 11) is 2.84. The van der Waals surface area contributed by atoms with Crippen LogP contribution in [0.15, 0.2) is 39.0 Å². The molecular weight excluding hydrogens is 560 g/mol. The van der Waals surface area contributed by atoms with Crippen LogP contribution in [0.3, 0.4) is 0 Å². The number of nitrogens with zero attached hydrogens (tertiary/aromatic N) is 4. The molecule has 2 N–H and O–H groups in total. The van der Waals surface area contributed by atoms with E-state index in [1.165, 1.54) is 40.2 Å². The molecule has 0 aliphatic heterocycles. The average molecular weight is 583 g/mol. The fourth-order valence-corrected chi connectivity index (χ4v) is 3.56. The number of amides is 1. The van der Waals surface area contributed by atoms with E-state index in [0.717, 1.165) is 12.1 Å². The van der Waals surface area contributed by atoms with E-state index >= 15 is 0 Å². The summed E-state index contributed by atoms with van der Waals surface area (Å²) in [5.74, 6) is -0.663. The number of esters is 1. The fourth-order valence-electron chi connectivity index (χ4n) is 3.05. The summed E-state index contributed by atoms with van der Waals surface area (Å²) >= 11 is 3.06. The van der Waals surface area contributed by atoms with Gasteiger partial charge < -0.3 is 24.8 Å². The van der Waals surface area contributed by atoms with Crippen LogP contribution in [0.5, 0.6) is 5.75 Å². The fraction of sp³-hybridized carbons (Fsp3) is 0.333. The molecule has 0 aliphatic rings. The summed E-state index contributed by atoms with van der Waals surface area (Å²) in [6.07, 6.45) is -0.615. The monoisotopic (exact) mass is 582 g/mol. The Morgan fingerprint density at radius 3 is 2.30 bits per heavy atom. The van der Waals surface area contributed by atoms with E-state index in [1.807, 2.05) is 0 Å². The Hall–Kier alpha value is -4.18. The second kappa shape index (κ2) is 13.2. The number of anilines is 2. The molecule has 0 radical (unpaired) electrons. The molecule has 2 rings (SSSR count). The van der Waals surface area contributed by atoms with Gasteiger partial charge in [-0.15, -0.1) is 10.2 Å². The molecule has 0 spiro atoms. The number of nitro benzene ring substituents is 2. The predicted octanol–water partition coefficient (Wildman–Crippen LogP) is 4.64. The van der Waals surface area contributed by atoms with Gasteiger partial charge in [0.15, 0.2) is 5.69 Å². The van der Waals surface area contributed by atoms with Crippen molar-refractivity contribution < 1.29 is 33.6 Å². The highest BCUT2D eigenvalue weighted by Gasteiger charge is 2.24. The Labute approximate surface area is 218 Å². The van der Waals surface area contributed by atoms with Gasteiger partial charge in [-0.1, -0.05) is 0 Å². The lowest BCUT2D eigenvalue weighted by Gasteiger charge is -2.19. The lowest BCUT2D eigenvalue weighted by atomic mass is 10.2. The van der Waals surface area contributed by atoms with Crippen molar-refractivity contribution in [2.24, 2.45) is 10.2 Å². The van der Waals surface area contributed by atoms with Crippen LogP contribution in [-0.2, 0) is 19.1 Å². The number of carbonyl (C=O) groups excluding carboxylic acids is 2. The summed E-state index contributed by atoms with van der Waals surface area (Å²) in [5.41, 5.74) is -0.767. The van der Waals surface area contributed by atoms with Gasteiger partial charge in [-0.2, -0.15) is 0 Å². The zero-order valence-electron chi connectivity index (χ0n) is 20.1. The molecule has 0 aromatic heterocycles. The highest BCUT2D eigenvalue weighted by molar-refractivity contribution is 9.10. The maximum atomic E-state index is 11.8. The van der Waals surface area contributed by atoms with Gasteiger partial charge in [0, 0.05) is 33.1 Å². The first-order chi connectivity index (χ1) is 17.5. The van der Waals surface area contributed by atoms with E-state index in [4.69, 9.17) is 14.2 Å². The van der Waals surface area contributed by atoms with Gasteiger partial charge in [0.2, 0.25) is 5.91 Å². The van der Waals surface area contributed by atoms with Crippen LogP contribution in [0.25, 0.3) is 0 Å². The van der Waals surface area contributed by atoms with Crippen LogP contribution in [0.4, 0.5) is 34.1 Å². The molecule has 1 unspecified atom stereocenters. The summed E-state index contributed by atoms with van der Waals surface area (Å²) in [5, 5.41) is 36.1. The second-order valence-corrected chi connectivity index (χ2v) is 8.18. The van der Waals surface area contributed by atoms with Crippen molar-refractivity contribution >= 4 is 61.9 Å². The smallest absolute Gasteiger partial charge is 0.304 e. The van der Waals surface area contributed by atoms with Crippen LogP contribution in [-0.4, -0.2) is 55.2 Å². The van der Waals surface area contributed by atoms with Crippen molar-refractivity contribution in [3.8, 4) is 5.75 Å². The molecule has 1 atom stereocenters. The molecule has 0 bridgehead atoms. The average Bonchev–Trinajstić information content (AvgIpc) is 2.81. The van der Waals surface area contributed by atoms with Crippen molar-refractivity contribution in [3.63, 3.8) is 0 Å². The third-order valence-electron chi connectivity index (χ3n) is 4.53. The van der Waals surface area contributed by atoms with Gasteiger partial charge in [-0.3, -0.25) is 29.8 Å². The molecule has 1 amide bonds. The number of rotatable bonds is 12. The third kappa shape index (κ3) is 8.18. The van der Waals surface area contributed by atoms with Crippen molar-refractivity contribution in [1.29, 1.82) is 0 Å². The van der Waals surface area contributed by atoms with E-state index < -0.39 is 39.2 Å². The van der Waals surface area contributed by atoms with Gasteiger partial charge in [-0.25, -0.2) is 0 Å². The zero-order chi connectivity index (χ0) is 27.7. The molecule has 198 valence electrons. The molecule has 0 aliphatic carbocycles. The molecule has 0 saturated carbocycles. The highest BCUT2D eigenvalue weighted by Crippen LogP contribution is 2.42. The van der Waals surface area contributed by atoms with Crippen LogP contribution >= 0.6 is 15.9 Å². The number of azo groups is 1. The number of halogens is 1. The van der Waals surface area contributed by atoms with Gasteiger partial charge >= 0.3 is 11.7 Å². The Bertz CT molecular complexity index is 1240. The van der Waals surface area contributed by atoms with Crippen LogP contribution < -0.4 is 15.4 Å². The van der Waals surface area contributed by atoms with Gasteiger partial charge in [0.1, 0.15) is 17.5 Å². The second-order valence-electron chi connectivity index (χ2n) is 7.33. The quantitative estimate of drug-likeness (QED) is 0.154. The number of hydrogen-bond acceptors (Lipinski definition) is 12. The maximum Gasteiger partial charge on any atom is 0.304 e. The predicted molar refractivity (Wildman–Crippen MR) is 135 cm³/mol. The van der Waals surface area contributed by atoms with Crippen molar-refractivity contribution in [2.75, 3.05) is 38.0 Å². The van der Waals surface area contributed by atoms with E-state index in [9.17, 15) is 29.8 Å². The topological polar surface area (TPSA) is 197 Å². The lowest BCUT2D eigenvalue weighted by Crippen LogP contribution is -2.29. The molecule has 2 aromatic rings.